The van der Waals surface area contributed by atoms with Crippen LogP contribution in [0.25, 0.3) is 11.3 Å². The molecule has 1 fully saturated rings. The van der Waals surface area contributed by atoms with Crippen molar-refractivity contribution in [1.29, 1.82) is 0 Å². The molecule has 0 saturated heterocycles. The van der Waals surface area contributed by atoms with Gasteiger partial charge in [0.1, 0.15) is 5.75 Å². The summed E-state index contributed by atoms with van der Waals surface area (Å²) in [4.78, 5) is 12.8. The van der Waals surface area contributed by atoms with Crippen LogP contribution in [0, 0.1) is 6.92 Å². The van der Waals surface area contributed by atoms with Gasteiger partial charge < -0.3 is 14.6 Å². The molecule has 0 bridgehead atoms. The second kappa shape index (κ2) is 5.97. The molecular weight excluding hydrogens is 276 g/mol. The number of ether oxygens (including phenoxy) is 1. The average molecular weight is 298 g/mol. The van der Waals surface area contributed by atoms with Gasteiger partial charge in [-0.05, 0) is 45.0 Å². The van der Waals surface area contributed by atoms with E-state index in [1.54, 1.807) is 7.11 Å². The van der Waals surface area contributed by atoms with Crippen LogP contribution in [0.1, 0.15) is 30.0 Å². The van der Waals surface area contributed by atoms with Crippen molar-refractivity contribution in [2.75, 3.05) is 14.2 Å². The Hall–Kier alpha value is -2.07. The molecule has 1 N–H and O–H groups in total. The fourth-order valence-corrected chi connectivity index (χ4v) is 2.86. The van der Waals surface area contributed by atoms with Crippen molar-refractivity contribution in [3.63, 3.8) is 0 Å². The van der Waals surface area contributed by atoms with E-state index in [-0.39, 0.29) is 5.56 Å². The van der Waals surface area contributed by atoms with E-state index in [4.69, 9.17) is 4.74 Å². The molecule has 1 saturated carbocycles. The van der Waals surface area contributed by atoms with E-state index in [0.29, 0.717) is 12.6 Å². The summed E-state index contributed by atoms with van der Waals surface area (Å²) in [5.74, 6) is 0.806. The van der Waals surface area contributed by atoms with Gasteiger partial charge in [0.2, 0.25) is 0 Å². The number of methoxy groups -OCH3 is 1. The normalized spacial score (nSPS) is 14.1. The summed E-state index contributed by atoms with van der Waals surface area (Å²) in [6.45, 7) is 2.65. The molecule has 0 aliphatic heterocycles. The Kier molecular flexibility index (Phi) is 4.03. The Morgan fingerprint density at radius 2 is 2.05 bits per heavy atom. The molecule has 4 heteroatoms. The Labute approximate surface area is 130 Å². The zero-order valence-corrected chi connectivity index (χ0v) is 13.3. The SMILES string of the molecule is CNCc1ccc(-c2cc(C)ccc2OC)n(C2CC2)c1=O. The molecular formula is C18H22N2O2. The topological polar surface area (TPSA) is 43.3 Å². The molecule has 0 spiro atoms. The highest BCUT2D eigenvalue weighted by molar-refractivity contribution is 5.69. The third-order valence-corrected chi connectivity index (χ3v) is 4.11. The number of aryl methyl sites for hydroxylation is 1. The molecule has 1 aromatic carbocycles. The summed E-state index contributed by atoms with van der Waals surface area (Å²) in [5.41, 5.74) is 4.02. The number of pyridine rings is 1. The van der Waals surface area contributed by atoms with Gasteiger partial charge in [-0.1, -0.05) is 17.7 Å². The standard InChI is InChI=1S/C18H22N2O2/c1-12-4-9-17(22-3)15(10-12)16-8-5-13(11-19-2)18(21)20(16)14-6-7-14/h4-5,8-10,14,19H,6-7,11H2,1-3H3. The predicted molar refractivity (Wildman–Crippen MR) is 88.5 cm³/mol. The number of benzene rings is 1. The number of aromatic nitrogens is 1. The maximum Gasteiger partial charge on any atom is 0.255 e. The van der Waals surface area contributed by atoms with Crippen molar-refractivity contribution in [2.24, 2.45) is 0 Å². The van der Waals surface area contributed by atoms with Crippen LogP contribution >= 0.6 is 0 Å². The summed E-state index contributed by atoms with van der Waals surface area (Å²) < 4.78 is 7.45. The molecule has 1 aromatic heterocycles. The number of rotatable bonds is 5. The number of nitrogens with one attached hydrogen (secondary N) is 1. The Balaban J connectivity index is 2.21. The summed E-state index contributed by atoms with van der Waals surface area (Å²) in [5, 5.41) is 3.06. The van der Waals surface area contributed by atoms with Crippen LogP contribution in [0.4, 0.5) is 0 Å². The van der Waals surface area contributed by atoms with Crippen LogP contribution < -0.4 is 15.6 Å². The Morgan fingerprint density at radius 3 is 2.68 bits per heavy atom. The van der Waals surface area contributed by atoms with Crippen LogP contribution in [0.15, 0.2) is 35.1 Å². The Morgan fingerprint density at radius 1 is 1.27 bits per heavy atom. The third kappa shape index (κ3) is 2.66. The van der Waals surface area contributed by atoms with Crippen LogP contribution in [-0.4, -0.2) is 18.7 Å². The van der Waals surface area contributed by atoms with Gasteiger partial charge >= 0.3 is 0 Å². The molecule has 4 nitrogen and oxygen atoms in total. The van der Waals surface area contributed by atoms with E-state index < -0.39 is 0 Å². The smallest absolute Gasteiger partial charge is 0.255 e. The van der Waals surface area contributed by atoms with E-state index in [9.17, 15) is 4.79 Å². The van der Waals surface area contributed by atoms with Gasteiger partial charge in [0, 0.05) is 23.7 Å². The summed E-state index contributed by atoms with van der Waals surface area (Å²) >= 11 is 0. The monoisotopic (exact) mass is 298 g/mol. The van der Waals surface area contributed by atoms with E-state index in [1.165, 1.54) is 0 Å². The van der Waals surface area contributed by atoms with Crippen molar-refractivity contribution in [3.05, 3.63) is 51.8 Å². The minimum absolute atomic E-state index is 0.109. The molecule has 0 unspecified atom stereocenters. The molecule has 0 amide bonds. The van der Waals surface area contributed by atoms with Gasteiger partial charge in [0.25, 0.3) is 5.56 Å². The van der Waals surface area contributed by atoms with Gasteiger partial charge in [-0.25, -0.2) is 0 Å². The van der Waals surface area contributed by atoms with Crippen molar-refractivity contribution in [2.45, 2.75) is 32.4 Å². The van der Waals surface area contributed by atoms with Crippen LogP contribution in [0.5, 0.6) is 5.75 Å². The van der Waals surface area contributed by atoms with Gasteiger partial charge in [-0.15, -0.1) is 0 Å². The van der Waals surface area contributed by atoms with Crippen LogP contribution in [-0.2, 0) is 6.54 Å². The summed E-state index contributed by atoms with van der Waals surface area (Å²) in [6.07, 6.45) is 2.15. The fraction of sp³-hybridized carbons (Fsp3) is 0.389. The summed E-state index contributed by atoms with van der Waals surface area (Å²) in [7, 11) is 3.53. The second-order valence-electron chi connectivity index (χ2n) is 5.88. The molecule has 3 rings (SSSR count). The average Bonchev–Trinajstić information content (AvgIpc) is 3.34. The van der Waals surface area contributed by atoms with E-state index in [2.05, 4.69) is 18.3 Å². The first-order chi connectivity index (χ1) is 10.7. The molecule has 0 atom stereocenters. The van der Waals surface area contributed by atoms with Gasteiger partial charge in [-0.3, -0.25) is 4.79 Å². The quantitative estimate of drug-likeness (QED) is 0.923. The minimum atomic E-state index is 0.109. The maximum absolute atomic E-state index is 12.8. The molecule has 1 aliphatic carbocycles. The molecule has 2 aromatic rings. The fourth-order valence-electron chi connectivity index (χ4n) is 2.86. The first-order valence-electron chi connectivity index (χ1n) is 7.69. The zero-order chi connectivity index (χ0) is 15.7. The lowest BCUT2D eigenvalue weighted by Gasteiger charge is -2.17. The first kappa shape index (κ1) is 14.9. The lowest BCUT2D eigenvalue weighted by Crippen LogP contribution is -2.26. The molecule has 1 heterocycles. The number of hydrogen-bond donors (Lipinski definition) is 1. The van der Waals surface area contributed by atoms with E-state index in [1.807, 2.05) is 35.9 Å². The highest BCUT2D eigenvalue weighted by atomic mass is 16.5. The predicted octanol–water partition coefficient (Wildman–Crippen LogP) is 2.89. The van der Waals surface area contributed by atoms with Gasteiger partial charge in [-0.2, -0.15) is 0 Å². The molecule has 22 heavy (non-hydrogen) atoms. The molecule has 1 aliphatic rings. The summed E-state index contributed by atoms with van der Waals surface area (Å²) in [6, 6.07) is 10.4. The van der Waals surface area contributed by atoms with Crippen LogP contribution in [0.3, 0.4) is 0 Å². The zero-order valence-electron chi connectivity index (χ0n) is 13.3. The first-order valence-corrected chi connectivity index (χ1v) is 7.69. The van der Waals surface area contributed by atoms with Gasteiger partial charge in [0.05, 0.1) is 12.8 Å². The highest BCUT2D eigenvalue weighted by Gasteiger charge is 2.28. The van der Waals surface area contributed by atoms with Gasteiger partial charge in [0.15, 0.2) is 0 Å². The maximum atomic E-state index is 12.8. The van der Waals surface area contributed by atoms with Crippen molar-refractivity contribution in [1.82, 2.24) is 9.88 Å². The highest BCUT2D eigenvalue weighted by Crippen LogP contribution is 2.39. The van der Waals surface area contributed by atoms with E-state index in [0.717, 1.165) is 41.0 Å². The van der Waals surface area contributed by atoms with Crippen molar-refractivity contribution in [3.8, 4) is 17.0 Å². The molecule has 0 radical (unpaired) electrons. The minimum Gasteiger partial charge on any atom is -0.496 e. The number of hydrogen-bond acceptors (Lipinski definition) is 3. The Bertz CT molecular complexity index is 745. The van der Waals surface area contributed by atoms with Crippen LogP contribution in [0.2, 0.25) is 0 Å². The number of nitrogens with zero attached hydrogens (tertiary/aromatic N) is 1. The van der Waals surface area contributed by atoms with Crippen molar-refractivity contribution < 1.29 is 4.74 Å². The second-order valence-corrected chi connectivity index (χ2v) is 5.88. The molecule has 116 valence electrons. The largest absolute Gasteiger partial charge is 0.496 e. The lowest BCUT2D eigenvalue weighted by atomic mass is 10.1. The van der Waals surface area contributed by atoms with E-state index >= 15 is 0 Å². The third-order valence-electron chi connectivity index (χ3n) is 4.11. The lowest BCUT2D eigenvalue weighted by molar-refractivity contribution is 0.416. The van der Waals surface area contributed by atoms with Crippen molar-refractivity contribution >= 4 is 0 Å².